The summed E-state index contributed by atoms with van der Waals surface area (Å²) >= 11 is 6.16. The average Bonchev–Trinajstić information content (AvgIpc) is 2.55. The van der Waals surface area contributed by atoms with E-state index in [2.05, 4.69) is 33.6 Å². The van der Waals surface area contributed by atoms with Crippen LogP contribution in [0.2, 0.25) is 5.02 Å². The summed E-state index contributed by atoms with van der Waals surface area (Å²) in [5, 5.41) is 7.45. The first-order chi connectivity index (χ1) is 11.2. The highest BCUT2D eigenvalue weighted by Gasteiger charge is 2.02. The fourth-order valence-electron chi connectivity index (χ4n) is 2.19. The van der Waals surface area contributed by atoms with E-state index in [4.69, 9.17) is 16.3 Å². The highest BCUT2D eigenvalue weighted by Crippen LogP contribution is 2.14. The van der Waals surface area contributed by atoms with E-state index in [-0.39, 0.29) is 0 Å². The number of hydrogen-bond acceptors (Lipinski definition) is 3. The van der Waals surface area contributed by atoms with Crippen molar-refractivity contribution in [3.8, 4) is 0 Å². The molecule has 0 amide bonds. The standard InChI is InChI=1S/C17H29ClN4O/c1-19-17(21-11-13-22(2)12-6-14-23-3)20-10-9-15-7-4-5-8-16(15)18/h4-5,7-8H,6,9-14H2,1-3H3,(H2,19,20,21). The zero-order valence-corrected chi connectivity index (χ0v) is 15.2. The summed E-state index contributed by atoms with van der Waals surface area (Å²) in [6.07, 6.45) is 1.93. The van der Waals surface area contributed by atoms with E-state index in [0.29, 0.717) is 0 Å². The van der Waals surface area contributed by atoms with E-state index in [0.717, 1.165) is 62.2 Å². The van der Waals surface area contributed by atoms with Crippen LogP contribution in [0.4, 0.5) is 0 Å². The highest BCUT2D eigenvalue weighted by atomic mass is 35.5. The molecule has 0 unspecified atom stereocenters. The Bertz CT molecular complexity index is 468. The average molecular weight is 341 g/mol. The van der Waals surface area contributed by atoms with E-state index in [9.17, 15) is 0 Å². The molecule has 0 atom stereocenters. The molecule has 23 heavy (non-hydrogen) atoms. The molecule has 0 radical (unpaired) electrons. The minimum atomic E-state index is 0.799. The van der Waals surface area contributed by atoms with Gasteiger partial charge in [-0.2, -0.15) is 0 Å². The van der Waals surface area contributed by atoms with Crippen LogP contribution in [0.15, 0.2) is 29.3 Å². The molecular formula is C17H29ClN4O. The maximum Gasteiger partial charge on any atom is 0.191 e. The Balaban J connectivity index is 2.18. The number of rotatable bonds is 10. The first-order valence-corrected chi connectivity index (χ1v) is 8.40. The van der Waals surface area contributed by atoms with Gasteiger partial charge < -0.3 is 20.3 Å². The van der Waals surface area contributed by atoms with Gasteiger partial charge in [0.05, 0.1) is 0 Å². The lowest BCUT2D eigenvalue weighted by Crippen LogP contribution is -2.41. The molecule has 0 aliphatic carbocycles. The molecule has 1 aromatic rings. The van der Waals surface area contributed by atoms with E-state index in [1.807, 2.05) is 18.2 Å². The number of nitrogens with zero attached hydrogens (tertiary/aromatic N) is 2. The van der Waals surface area contributed by atoms with Gasteiger partial charge in [-0.05, 0) is 31.5 Å². The van der Waals surface area contributed by atoms with Gasteiger partial charge >= 0.3 is 0 Å². The molecule has 0 aliphatic rings. The fraction of sp³-hybridized carbons (Fsp3) is 0.588. The third-order valence-electron chi connectivity index (χ3n) is 3.54. The van der Waals surface area contributed by atoms with Gasteiger partial charge in [0, 0.05) is 52.0 Å². The Morgan fingerprint density at radius 2 is 1.96 bits per heavy atom. The van der Waals surface area contributed by atoms with Crippen molar-refractivity contribution in [1.29, 1.82) is 0 Å². The van der Waals surface area contributed by atoms with Gasteiger partial charge in [0.25, 0.3) is 0 Å². The Kier molecular flexibility index (Phi) is 10.4. The molecule has 0 aromatic heterocycles. The molecule has 5 nitrogen and oxygen atoms in total. The topological polar surface area (TPSA) is 48.9 Å². The fourth-order valence-corrected chi connectivity index (χ4v) is 2.42. The van der Waals surface area contributed by atoms with Crippen molar-refractivity contribution in [2.75, 3.05) is 54.0 Å². The second-order valence-corrected chi connectivity index (χ2v) is 5.82. The molecule has 1 rings (SSSR count). The molecular weight excluding hydrogens is 312 g/mol. The SMILES string of the molecule is CN=C(NCCc1ccccc1Cl)NCCN(C)CCCOC. The maximum absolute atomic E-state index is 6.16. The minimum Gasteiger partial charge on any atom is -0.385 e. The summed E-state index contributed by atoms with van der Waals surface area (Å²) in [7, 11) is 5.64. The molecule has 2 N–H and O–H groups in total. The Morgan fingerprint density at radius 1 is 1.22 bits per heavy atom. The van der Waals surface area contributed by atoms with Crippen LogP contribution in [-0.4, -0.2) is 64.9 Å². The van der Waals surface area contributed by atoms with E-state index >= 15 is 0 Å². The molecule has 1 aromatic carbocycles. The lowest BCUT2D eigenvalue weighted by molar-refractivity contribution is 0.180. The number of nitrogens with one attached hydrogen (secondary N) is 2. The summed E-state index contributed by atoms with van der Waals surface area (Å²) in [4.78, 5) is 6.52. The summed E-state index contributed by atoms with van der Waals surface area (Å²) in [5.41, 5.74) is 1.15. The van der Waals surface area contributed by atoms with Gasteiger partial charge in [-0.1, -0.05) is 29.8 Å². The van der Waals surface area contributed by atoms with Crippen LogP contribution in [0.5, 0.6) is 0 Å². The lowest BCUT2D eigenvalue weighted by atomic mass is 10.1. The second kappa shape index (κ2) is 12.2. The minimum absolute atomic E-state index is 0.799. The molecule has 0 heterocycles. The predicted molar refractivity (Wildman–Crippen MR) is 98.5 cm³/mol. The van der Waals surface area contributed by atoms with E-state index in [1.54, 1.807) is 14.2 Å². The third-order valence-corrected chi connectivity index (χ3v) is 3.91. The largest absolute Gasteiger partial charge is 0.385 e. The van der Waals surface area contributed by atoms with Crippen molar-refractivity contribution >= 4 is 17.6 Å². The quantitative estimate of drug-likeness (QED) is 0.388. The molecule has 0 fully saturated rings. The van der Waals surface area contributed by atoms with Crippen molar-refractivity contribution in [1.82, 2.24) is 15.5 Å². The molecule has 0 bridgehead atoms. The van der Waals surface area contributed by atoms with Crippen LogP contribution in [0.1, 0.15) is 12.0 Å². The van der Waals surface area contributed by atoms with Gasteiger partial charge in [-0.15, -0.1) is 0 Å². The summed E-state index contributed by atoms with van der Waals surface area (Å²) in [6, 6.07) is 7.93. The number of hydrogen-bond donors (Lipinski definition) is 2. The summed E-state index contributed by atoms with van der Waals surface area (Å²) in [6.45, 7) is 4.47. The van der Waals surface area contributed by atoms with Crippen LogP contribution in [-0.2, 0) is 11.2 Å². The van der Waals surface area contributed by atoms with Gasteiger partial charge in [0.1, 0.15) is 0 Å². The number of aliphatic imine (C=N–C) groups is 1. The van der Waals surface area contributed by atoms with E-state index < -0.39 is 0 Å². The van der Waals surface area contributed by atoms with Crippen LogP contribution in [0, 0.1) is 0 Å². The number of likely N-dealkylation sites (N-methyl/N-ethyl adjacent to an activating group) is 1. The van der Waals surface area contributed by atoms with Gasteiger partial charge in [0.15, 0.2) is 5.96 Å². The predicted octanol–water partition coefficient (Wildman–Crippen LogP) is 2.02. The monoisotopic (exact) mass is 340 g/mol. The summed E-state index contributed by atoms with van der Waals surface area (Å²) in [5.74, 6) is 0.822. The van der Waals surface area contributed by atoms with E-state index in [1.165, 1.54) is 0 Å². The Hall–Kier alpha value is -1.30. The second-order valence-electron chi connectivity index (χ2n) is 5.42. The molecule has 0 aliphatic heterocycles. The molecule has 6 heteroatoms. The first-order valence-electron chi connectivity index (χ1n) is 8.02. The molecule has 0 saturated heterocycles. The summed E-state index contributed by atoms with van der Waals surface area (Å²) < 4.78 is 5.06. The molecule has 0 saturated carbocycles. The first kappa shape index (κ1) is 19.7. The Morgan fingerprint density at radius 3 is 2.65 bits per heavy atom. The number of methoxy groups -OCH3 is 1. The van der Waals surface area contributed by atoms with Crippen molar-refractivity contribution in [2.24, 2.45) is 4.99 Å². The lowest BCUT2D eigenvalue weighted by Gasteiger charge is -2.18. The highest BCUT2D eigenvalue weighted by molar-refractivity contribution is 6.31. The smallest absolute Gasteiger partial charge is 0.191 e. The van der Waals surface area contributed by atoms with Crippen molar-refractivity contribution in [2.45, 2.75) is 12.8 Å². The maximum atomic E-state index is 6.16. The van der Waals surface area contributed by atoms with Gasteiger partial charge in [-0.3, -0.25) is 4.99 Å². The van der Waals surface area contributed by atoms with Crippen LogP contribution in [0.25, 0.3) is 0 Å². The van der Waals surface area contributed by atoms with Crippen LogP contribution in [0.3, 0.4) is 0 Å². The third kappa shape index (κ3) is 8.79. The number of guanidine groups is 1. The number of halogens is 1. The zero-order valence-electron chi connectivity index (χ0n) is 14.4. The van der Waals surface area contributed by atoms with Gasteiger partial charge in [-0.25, -0.2) is 0 Å². The van der Waals surface area contributed by atoms with Crippen molar-refractivity contribution in [3.63, 3.8) is 0 Å². The van der Waals surface area contributed by atoms with Crippen LogP contribution >= 0.6 is 11.6 Å². The molecule has 0 spiro atoms. The number of benzene rings is 1. The Labute approximate surface area is 145 Å². The van der Waals surface area contributed by atoms with Gasteiger partial charge in [0.2, 0.25) is 0 Å². The molecule has 130 valence electrons. The van der Waals surface area contributed by atoms with Crippen LogP contribution < -0.4 is 10.6 Å². The number of ether oxygens (including phenoxy) is 1. The van der Waals surface area contributed by atoms with Crippen molar-refractivity contribution < 1.29 is 4.74 Å². The zero-order chi connectivity index (χ0) is 16.9. The van der Waals surface area contributed by atoms with Crippen molar-refractivity contribution in [3.05, 3.63) is 34.9 Å². The normalized spacial score (nSPS) is 11.8.